The second-order valence-electron chi connectivity index (χ2n) is 4.93. The van der Waals surface area contributed by atoms with Crippen molar-refractivity contribution in [3.8, 4) is 5.88 Å². The Morgan fingerprint density at radius 3 is 2.90 bits per heavy atom. The van der Waals surface area contributed by atoms with Crippen LogP contribution < -0.4 is 10.1 Å². The van der Waals surface area contributed by atoms with Gasteiger partial charge in [-0.25, -0.2) is 4.98 Å². The Bertz CT molecular complexity index is 516. The Morgan fingerprint density at radius 2 is 2.19 bits per heavy atom. The van der Waals surface area contributed by atoms with Crippen molar-refractivity contribution in [2.24, 2.45) is 0 Å². The predicted octanol–water partition coefficient (Wildman–Crippen LogP) is 3.61. The van der Waals surface area contributed by atoms with Crippen molar-refractivity contribution in [3.05, 3.63) is 40.5 Å². The average molecular weight is 305 g/mol. The second-order valence-corrected chi connectivity index (χ2v) is 5.96. The van der Waals surface area contributed by atoms with Gasteiger partial charge in [0.05, 0.1) is 13.2 Å². The highest BCUT2D eigenvalue weighted by atomic mass is 32.1. The van der Waals surface area contributed by atoms with Crippen LogP contribution >= 0.6 is 11.3 Å². The van der Waals surface area contributed by atoms with Crippen LogP contribution in [0.5, 0.6) is 5.88 Å². The minimum Gasteiger partial charge on any atom is -0.480 e. The molecule has 1 atom stereocenters. The van der Waals surface area contributed by atoms with Gasteiger partial charge < -0.3 is 10.1 Å². The van der Waals surface area contributed by atoms with Gasteiger partial charge >= 0.3 is 0 Å². The predicted molar refractivity (Wildman–Crippen MR) is 86.9 cm³/mol. The third kappa shape index (κ3) is 4.79. The van der Waals surface area contributed by atoms with Crippen LogP contribution in [0.3, 0.4) is 0 Å². The van der Waals surface area contributed by atoms with Crippen LogP contribution in [0.15, 0.2) is 29.9 Å². The number of rotatable bonds is 9. The third-order valence-electron chi connectivity index (χ3n) is 3.35. The summed E-state index contributed by atoms with van der Waals surface area (Å²) in [5, 5.41) is 5.69. The quantitative estimate of drug-likeness (QED) is 0.769. The molecule has 2 aromatic rings. The molecule has 0 spiro atoms. The number of thiophene rings is 1. The topological polar surface area (TPSA) is 47.0 Å². The molecule has 0 saturated carbocycles. The van der Waals surface area contributed by atoms with Crippen molar-refractivity contribution in [1.29, 1.82) is 0 Å². The standard InChI is InChI=1S/C16H23N3OS/c1-3-9-17-14(8-4-6-13-7-5-12-21-13)15-16(20-2)19-11-10-18-15/h5,7,10-12,14,17H,3-4,6,8-9H2,1-2H3. The highest BCUT2D eigenvalue weighted by molar-refractivity contribution is 7.09. The monoisotopic (exact) mass is 305 g/mol. The fourth-order valence-corrected chi connectivity index (χ4v) is 3.07. The Labute approximate surface area is 130 Å². The lowest BCUT2D eigenvalue weighted by Gasteiger charge is -2.19. The summed E-state index contributed by atoms with van der Waals surface area (Å²) in [6.07, 6.45) is 7.78. The van der Waals surface area contributed by atoms with Gasteiger partial charge in [0.2, 0.25) is 5.88 Å². The summed E-state index contributed by atoms with van der Waals surface area (Å²) in [6.45, 7) is 3.15. The van der Waals surface area contributed by atoms with E-state index in [2.05, 4.69) is 39.7 Å². The van der Waals surface area contributed by atoms with Crippen LogP contribution in [0.4, 0.5) is 0 Å². The molecule has 4 nitrogen and oxygen atoms in total. The number of nitrogens with zero attached hydrogens (tertiary/aromatic N) is 2. The molecule has 0 aliphatic carbocycles. The summed E-state index contributed by atoms with van der Waals surface area (Å²) in [5.74, 6) is 0.627. The zero-order chi connectivity index (χ0) is 14.9. The summed E-state index contributed by atoms with van der Waals surface area (Å²) in [6, 6.07) is 4.51. The molecule has 21 heavy (non-hydrogen) atoms. The summed E-state index contributed by atoms with van der Waals surface area (Å²) in [5.41, 5.74) is 0.916. The SMILES string of the molecule is CCCNC(CCCc1cccs1)c1nccnc1OC. The number of aryl methyl sites for hydroxylation is 1. The average Bonchev–Trinajstić information content (AvgIpc) is 3.04. The van der Waals surface area contributed by atoms with Crippen LogP contribution in [-0.4, -0.2) is 23.6 Å². The van der Waals surface area contributed by atoms with Gasteiger partial charge in [0, 0.05) is 17.3 Å². The summed E-state index contributed by atoms with van der Waals surface area (Å²) < 4.78 is 5.35. The van der Waals surface area contributed by atoms with Gasteiger partial charge in [0.15, 0.2) is 0 Å². The minimum absolute atomic E-state index is 0.202. The van der Waals surface area contributed by atoms with Gasteiger partial charge in [0.25, 0.3) is 0 Å². The maximum absolute atomic E-state index is 5.35. The Kier molecular flexibility index (Phi) is 6.63. The van der Waals surface area contributed by atoms with E-state index in [0.717, 1.165) is 37.9 Å². The Balaban J connectivity index is 1.99. The van der Waals surface area contributed by atoms with E-state index in [9.17, 15) is 0 Å². The maximum Gasteiger partial charge on any atom is 0.236 e. The number of aromatic nitrogens is 2. The normalized spacial score (nSPS) is 12.3. The van der Waals surface area contributed by atoms with Gasteiger partial charge in [-0.3, -0.25) is 4.98 Å². The van der Waals surface area contributed by atoms with E-state index in [1.807, 2.05) is 11.3 Å². The Hall–Kier alpha value is -1.46. The fraction of sp³-hybridized carbons (Fsp3) is 0.500. The lowest BCUT2D eigenvalue weighted by Crippen LogP contribution is -2.24. The van der Waals surface area contributed by atoms with Gasteiger partial charge in [0.1, 0.15) is 5.69 Å². The van der Waals surface area contributed by atoms with Crippen LogP contribution in [0, 0.1) is 0 Å². The molecule has 0 aliphatic heterocycles. The van der Waals surface area contributed by atoms with Crippen molar-refractivity contribution in [2.75, 3.05) is 13.7 Å². The first-order chi connectivity index (χ1) is 10.3. The number of hydrogen-bond donors (Lipinski definition) is 1. The number of hydrogen-bond acceptors (Lipinski definition) is 5. The van der Waals surface area contributed by atoms with E-state index in [1.165, 1.54) is 4.88 Å². The molecule has 0 radical (unpaired) electrons. The van der Waals surface area contributed by atoms with Crippen molar-refractivity contribution >= 4 is 11.3 Å². The molecule has 2 heterocycles. The lowest BCUT2D eigenvalue weighted by atomic mass is 10.1. The largest absolute Gasteiger partial charge is 0.480 e. The van der Waals surface area contributed by atoms with Crippen molar-refractivity contribution < 1.29 is 4.74 Å². The zero-order valence-electron chi connectivity index (χ0n) is 12.7. The first-order valence-electron chi connectivity index (χ1n) is 7.45. The van der Waals surface area contributed by atoms with Gasteiger partial charge in [-0.2, -0.15) is 0 Å². The highest BCUT2D eigenvalue weighted by Crippen LogP contribution is 2.25. The molecule has 0 aromatic carbocycles. The zero-order valence-corrected chi connectivity index (χ0v) is 13.5. The fourth-order valence-electron chi connectivity index (χ4n) is 2.32. The molecule has 2 rings (SSSR count). The van der Waals surface area contributed by atoms with E-state index >= 15 is 0 Å². The van der Waals surface area contributed by atoms with Crippen LogP contribution in [-0.2, 0) is 6.42 Å². The number of ether oxygens (including phenoxy) is 1. The molecular weight excluding hydrogens is 282 g/mol. The molecule has 0 fully saturated rings. The summed E-state index contributed by atoms with van der Waals surface area (Å²) in [4.78, 5) is 10.2. The first kappa shape index (κ1) is 15.9. The molecule has 2 aromatic heterocycles. The van der Waals surface area contributed by atoms with Gasteiger partial charge in [-0.15, -0.1) is 11.3 Å². The number of nitrogens with one attached hydrogen (secondary N) is 1. The Morgan fingerprint density at radius 1 is 1.33 bits per heavy atom. The lowest BCUT2D eigenvalue weighted by molar-refractivity contribution is 0.371. The maximum atomic E-state index is 5.35. The van der Waals surface area contributed by atoms with E-state index in [0.29, 0.717) is 5.88 Å². The molecule has 0 bridgehead atoms. The highest BCUT2D eigenvalue weighted by Gasteiger charge is 2.17. The van der Waals surface area contributed by atoms with Crippen molar-refractivity contribution in [1.82, 2.24) is 15.3 Å². The molecule has 114 valence electrons. The molecule has 1 unspecified atom stereocenters. The minimum atomic E-state index is 0.202. The molecule has 0 amide bonds. The summed E-state index contributed by atoms with van der Waals surface area (Å²) in [7, 11) is 1.65. The van der Waals surface area contributed by atoms with Crippen LogP contribution in [0.1, 0.15) is 42.8 Å². The molecule has 5 heteroatoms. The van der Waals surface area contributed by atoms with Gasteiger partial charge in [-0.05, 0) is 43.7 Å². The smallest absolute Gasteiger partial charge is 0.236 e. The molecule has 1 N–H and O–H groups in total. The third-order valence-corrected chi connectivity index (χ3v) is 4.29. The first-order valence-corrected chi connectivity index (χ1v) is 8.33. The number of methoxy groups -OCH3 is 1. The summed E-state index contributed by atoms with van der Waals surface area (Å²) >= 11 is 1.82. The van der Waals surface area contributed by atoms with Crippen LogP contribution in [0.25, 0.3) is 0 Å². The second kappa shape index (κ2) is 8.74. The molecule has 0 aliphatic rings. The van der Waals surface area contributed by atoms with E-state index in [-0.39, 0.29) is 6.04 Å². The molecular formula is C16H23N3OS. The van der Waals surface area contributed by atoms with E-state index < -0.39 is 0 Å². The van der Waals surface area contributed by atoms with Crippen LogP contribution in [0.2, 0.25) is 0 Å². The van der Waals surface area contributed by atoms with Gasteiger partial charge in [-0.1, -0.05) is 13.0 Å². The molecule has 0 saturated heterocycles. The van der Waals surface area contributed by atoms with E-state index in [4.69, 9.17) is 4.74 Å². The van der Waals surface area contributed by atoms with Crippen molar-refractivity contribution in [2.45, 2.75) is 38.6 Å². The van der Waals surface area contributed by atoms with Crippen molar-refractivity contribution in [3.63, 3.8) is 0 Å². The van der Waals surface area contributed by atoms with E-state index in [1.54, 1.807) is 19.5 Å².